The largest absolute Gasteiger partial charge is 0.497 e. The van der Waals surface area contributed by atoms with Crippen LogP contribution in [0.15, 0.2) is 66.4 Å². The van der Waals surface area contributed by atoms with Gasteiger partial charge in [-0.1, -0.05) is 11.3 Å². The first-order chi connectivity index (χ1) is 15.2. The lowest BCUT2D eigenvalue weighted by Gasteiger charge is -2.06. The van der Waals surface area contributed by atoms with Gasteiger partial charge in [-0.2, -0.15) is 5.10 Å². The molecule has 0 fully saturated rings. The second-order valence-electron chi connectivity index (χ2n) is 6.81. The van der Waals surface area contributed by atoms with E-state index in [2.05, 4.69) is 20.9 Å². The van der Waals surface area contributed by atoms with Gasteiger partial charge in [-0.3, -0.25) is 4.57 Å². The molecule has 31 heavy (non-hydrogen) atoms. The summed E-state index contributed by atoms with van der Waals surface area (Å²) in [6.07, 6.45) is 5.81. The molecule has 5 rings (SSSR count). The molecule has 0 saturated heterocycles. The van der Waals surface area contributed by atoms with Crippen LogP contribution >= 0.6 is 22.7 Å². The van der Waals surface area contributed by atoms with Crippen molar-refractivity contribution in [3.63, 3.8) is 0 Å². The minimum atomic E-state index is 0.666. The lowest BCUT2D eigenvalue weighted by Crippen LogP contribution is -2.05. The van der Waals surface area contributed by atoms with Gasteiger partial charge >= 0.3 is 0 Å². The number of aryl methyl sites for hydroxylation is 1. The Labute approximate surface area is 187 Å². The van der Waals surface area contributed by atoms with E-state index in [9.17, 15) is 0 Å². The smallest absolute Gasteiger partial charge is 0.193 e. The number of aromatic nitrogens is 5. The molecule has 0 spiro atoms. The predicted octanol–water partition coefficient (Wildman–Crippen LogP) is 5.17. The van der Waals surface area contributed by atoms with E-state index in [4.69, 9.17) is 14.8 Å². The molecule has 1 aromatic carbocycles. The standard InChI is InChI=1S/C22H20N6OS2/c1-15-20(19-9-12-28(26-19)16-5-7-18(29-2)8-6-16)31-21(25-15)24-14-17-4-3-11-27(17)22-23-10-13-30-22/h3-13H,14H2,1-2H3,(H,24,25). The summed E-state index contributed by atoms with van der Waals surface area (Å²) in [5.41, 5.74) is 3.98. The van der Waals surface area contributed by atoms with E-state index in [-0.39, 0.29) is 0 Å². The summed E-state index contributed by atoms with van der Waals surface area (Å²) in [7, 11) is 1.66. The summed E-state index contributed by atoms with van der Waals surface area (Å²) in [6.45, 7) is 2.68. The molecule has 0 atom stereocenters. The van der Waals surface area contributed by atoms with Crippen molar-refractivity contribution < 1.29 is 4.74 Å². The van der Waals surface area contributed by atoms with Gasteiger partial charge in [0.15, 0.2) is 10.3 Å². The van der Waals surface area contributed by atoms with Gasteiger partial charge in [0.1, 0.15) is 11.4 Å². The van der Waals surface area contributed by atoms with Gasteiger partial charge in [-0.25, -0.2) is 14.6 Å². The van der Waals surface area contributed by atoms with Gasteiger partial charge in [0.05, 0.1) is 29.9 Å². The van der Waals surface area contributed by atoms with Crippen molar-refractivity contribution in [1.29, 1.82) is 0 Å². The van der Waals surface area contributed by atoms with Gasteiger partial charge in [0, 0.05) is 29.7 Å². The summed E-state index contributed by atoms with van der Waals surface area (Å²) in [6, 6.07) is 14.0. The second-order valence-corrected chi connectivity index (χ2v) is 8.69. The maximum atomic E-state index is 5.23. The molecule has 9 heteroatoms. The van der Waals surface area contributed by atoms with Crippen molar-refractivity contribution >= 4 is 27.8 Å². The minimum Gasteiger partial charge on any atom is -0.497 e. The number of nitrogens with zero attached hydrogens (tertiary/aromatic N) is 5. The molecule has 0 aliphatic heterocycles. The molecule has 4 heterocycles. The van der Waals surface area contributed by atoms with Gasteiger partial charge < -0.3 is 10.1 Å². The van der Waals surface area contributed by atoms with Crippen molar-refractivity contribution in [2.75, 3.05) is 12.4 Å². The van der Waals surface area contributed by atoms with E-state index in [0.717, 1.165) is 43.7 Å². The summed E-state index contributed by atoms with van der Waals surface area (Å²) in [5, 5.41) is 12.0. The molecule has 0 aliphatic carbocycles. The van der Waals surface area contributed by atoms with Crippen molar-refractivity contribution in [3.05, 3.63) is 77.8 Å². The Morgan fingerprint density at radius 2 is 1.97 bits per heavy atom. The Bertz CT molecular complexity index is 1280. The fourth-order valence-electron chi connectivity index (χ4n) is 3.28. The monoisotopic (exact) mass is 448 g/mol. The minimum absolute atomic E-state index is 0.666. The highest BCUT2D eigenvalue weighted by Gasteiger charge is 2.14. The summed E-state index contributed by atoms with van der Waals surface area (Å²) in [4.78, 5) is 10.2. The van der Waals surface area contributed by atoms with Crippen LogP contribution in [-0.4, -0.2) is 31.4 Å². The lowest BCUT2D eigenvalue weighted by molar-refractivity contribution is 0.414. The third-order valence-electron chi connectivity index (χ3n) is 4.83. The summed E-state index contributed by atoms with van der Waals surface area (Å²) >= 11 is 3.23. The van der Waals surface area contributed by atoms with Crippen LogP contribution in [0.3, 0.4) is 0 Å². The Hall–Kier alpha value is -3.43. The molecule has 5 aromatic rings. The Morgan fingerprint density at radius 1 is 1.10 bits per heavy atom. The first kappa shape index (κ1) is 19.5. The average Bonchev–Trinajstić information content (AvgIpc) is 3.59. The topological polar surface area (TPSA) is 69.8 Å². The van der Waals surface area contributed by atoms with Gasteiger partial charge in [0.25, 0.3) is 0 Å². The number of benzene rings is 1. The molecule has 156 valence electrons. The van der Waals surface area contributed by atoms with Crippen LogP contribution in [0.25, 0.3) is 21.4 Å². The van der Waals surface area contributed by atoms with E-state index in [1.165, 1.54) is 0 Å². The van der Waals surface area contributed by atoms with Gasteiger partial charge in [-0.15, -0.1) is 11.3 Å². The predicted molar refractivity (Wildman–Crippen MR) is 125 cm³/mol. The third-order valence-corrected chi connectivity index (χ3v) is 6.74. The van der Waals surface area contributed by atoms with Crippen molar-refractivity contribution in [2.45, 2.75) is 13.5 Å². The molecule has 0 unspecified atom stereocenters. The summed E-state index contributed by atoms with van der Waals surface area (Å²) in [5.74, 6) is 0.825. The van der Waals surface area contributed by atoms with Crippen LogP contribution in [0.5, 0.6) is 5.75 Å². The molecular formula is C22H20N6OS2. The number of thiazole rings is 2. The van der Waals surface area contributed by atoms with Crippen molar-refractivity contribution in [3.8, 4) is 27.1 Å². The highest BCUT2D eigenvalue weighted by atomic mass is 32.1. The number of nitrogens with one attached hydrogen (secondary N) is 1. The zero-order valence-electron chi connectivity index (χ0n) is 17.0. The van der Waals surface area contributed by atoms with Gasteiger partial charge in [0.2, 0.25) is 0 Å². The number of rotatable bonds is 7. The lowest BCUT2D eigenvalue weighted by atomic mass is 10.3. The first-order valence-electron chi connectivity index (χ1n) is 9.69. The fraction of sp³-hybridized carbons (Fsp3) is 0.136. The zero-order valence-corrected chi connectivity index (χ0v) is 18.7. The highest BCUT2D eigenvalue weighted by molar-refractivity contribution is 7.19. The molecule has 1 N–H and O–H groups in total. The highest BCUT2D eigenvalue weighted by Crippen LogP contribution is 2.32. The summed E-state index contributed by atoms with van der Waals surface area (Å²) < 4.78 is 9.18. The average molecular weight is 449 g/mol. The number of anilines is 1. The SMILES string of the molecule is COc1ccc(-n2ccc(-c3sc(NCc4cccn4-c4nccs4)nc3C)n2)cc1. The Morgan fingerprint density at radius 3 is 2.74 bits per heavy atom. The van der Waals surface area contributed by atoms with Crippen molar-refractivity contribution in [1.82, 2.24) is 24.3 Å². The quantitative estimate of drug-likeness (QED) is 0.372. The van der Waals surface area contributed by atoms with Gasteiger partial charge in [-0.05, 0) is 49.4 Å². The van der Waals surface area contributed by atoms with Crippen molar-refractivity contribution in [2.24, 2.45) is 0 Å². The van der Waals surface area contributed by atoms with Crippen LogP contribution in [0, 0.1) is 6.92 Å². The molecule has 0 aliphatic rings. The molecule has 7 nitrogen and oxygen atoms in total. The van der Waals surface area contributed by atoms with E-state index in [1.54, 1.807) is 29.8 Å². The number of ether oxygens (including phenoxy) is 1. The molecule has 0 amide bonds. The molecular weight excluding hydrogens is 428 g/mol. The van der Waals surface area contributed by atoms with E-state index < -0.39 is 0 Å². The maximum absolute atomic E-state index is 5.23. The first-order valence-corrected chi connectivity index (χ1v) is 11.4. The van der Waals surface area contributed by atoms with Crippen LogP contribution < -0.4 is 10.1 Å². The van der Waals surface area contributed by atoms with Crippen LogP contribution in [0.4, 0.5) is 5.13 Å². The van der Waals surface area contributed by atoms with E-state index >= 15 is 0 Å². The maximum Gasteiger partial charge on any atom is 0.193 e. The molecule has 0 saturated carbocycles. The zero-order chi connectivity index (χ0) is 21.2. The fourth-order valence-corrected chi connectivity index (χ4v) is 4.87. The van der Waals surface area contributed by atoms with E-state index in [0.29, 0.717) is 6.54 Å². The van der Waals surface area contributed by atoms with Crippen LogP contribution in [-0.2, 0) is 6.54 Å². The second kappa shape index (κ2) is 8.37. The molecule has 0 bridgehead atoms. The number of hydrogen-bond donors (Lipinski definition) is 1. The normalized spacial score (nSPS) is 11.0. The molecule has 4 aromatic heterocycles. The van der Waals surface area contributed by atoms with Crippen LogP contribution in [0.1, 0.15) is 11.4 Å². The Balaban J connectivity index is 1.32. The Kier molecular flexibility index (Phi) is 5.27. The van der Waals surface area contributed by atoms with Crippen LogP contribution in [0.2, 0.25) is 0 Å². The number of methoxy groups -OCH3 is 1. The third kappa shape index (κ3) is 3.97. The number of hydrogen-bond acceptors (Lipinski definition) is 7. The van der Waals surface area contributed by atoms with E-state index in [1.807, 2.05) is 72.0 Å². The molecule has 0 radical (unpaired) electrons.